The van der Waals surface area contributed by atoms with Crippen molar-refractivity contribution in [3.63, 3.8) is 0 Å². The summed E-state index contributed by atoms with van der Waals surface area (Å²) < 4.78 is 4.43. The number of carbonyl (C=O) groups is 1. The zero-order valence-corrected chi connectivity index (χ0v) is 8.35. The molecule has 0 spiro atoms. The van der Waals surface area contributed by atoms with Crippen LogP contribution in [-0.4, -0.2) is 18.1 Å². The lowest BCUT2D eigenvalue weighted by atomic mass is 10.3. The molecule has 1 rings (SSSR count). The smallest absolute Gasteiger partial charge is 0.358 e. The highest BCUT2D eigenvalue weighted by atomic mass is 35.5. The van der Waals surface area contributed by atoms with Gasteiger partial charge in [0.2, 0.25) is 0 Å². The van der Waals surface area contributed by atoms with E-state index in [9.17, 15) is 4.79 Å². The quantitative estimate of drug-likeness (QED) is 0.733. The topological polar surface area (TPSA) is 65.2 Å². The first-order valence-corrected chi connectivity index (χ1v) is 3.52. The minimum Gasteiger partial charge on any atom is -0.464 e. The van der Waals surface area contributed by atoms with Crippen molar-refractivity contribution in [1.82, 2.24) is 4.98 Å². The summed E-state index contributed by atoms with van der Waals surface area (Å²) in [5, 5.41) is 0.196. The van der Waals surface area contributed by atoms with E-state index < -0.39 is 5.97 Å². The Balaban J connectivity index is 0.00000144. The van der Waals surface area contributed by atoms with E-state index in [4.69, 9.17) is 17.3 Å². The number of pyridine rings is 1. The van der Waals surface area contributed by atoms with Gasteiger partial charge < -0.3 is 10.5 Å². The number of carbonyl (C=O) groups excluding carboxylic acids is 1. The number of rotatable bonds is 1. The van der Waals surface area contributed by atoms with Gasteiger partial charge in [0.25, 0.3) is 0 Å². The van der Waals surface area contributed by atoms with Crippen LogP contribution in [0.4, 0.5) is 5.69 Å². The van der Waals surface area contributed by atoms with Gasteiger partial charge in [-0.3, -0.25) is 0 Å². The SMILES string of the molecule is COC(=O)c1ncc(N)cc1Cl.Cl. The Morgan fingerprint density at radius 3 is 2.77 bits per heavy atom. The highest BCUT2D eigenvalue weighted by Crippen LogP contribution is 2.16. The summed E-state index contributed by atoms with van der Waals surface area (Å²) in [6.07, 6.45) is 1.35. The van der Waals surface area contributed by atoms with Gasteiger partial charge >= 0.3 is 5.97 Å². The molecule has 4 nitrogen and oxygen atoms in total. The van der Waals surface area contributed by atoms with Crippen LogP contribution in [0.15, 0.2) is 12.3 Å². The maximum Gasteiger partial charge on any atom is 0.358 e. The molecule has 0 aliphatic heterocycles. The Hall–Kier alpha value is -1.00. The van der Waals surface area contributed by atoms with Gasteiger partial charge in [0.15, 0.2) is 5.69 Å². The number of nitrogens with zero attached hydrogens (tertiary/aromatic N) is 1. The molecule has 0 saturated carbocycles. The van der Waals surface area contributed by atoms with E-state index >= 15 is 0 Å². The first-order valence-electron chi connectivity index (χ1n) is 3.14. The Labute approximate surface area is 86.5 Å². The summed E-state index contributed by atoms with van der Waals surface area (Å²) in [6.45, 7) is 0. The number of nitrogens with two attached hydrogens (primary N) is 1. The molecule has 2 N–H and O–H groups in total. The third-order valence-electron chi connectivity index (χ3n) is 1.24. The van der Waals surface area contributed by atoms with E-state index in [1.54, 1.807) is 0 Å². The standard InChI is InChI=1S/C7H7ClN2O2.ClH/c1-12-7(11)6-5(8)2-4(9)3-10-6;/h2-3H,9H2,1H3;1H. The van der Waals surface area contributed by atoms with Gasteiger partial charge in [-0.15, -0.1) is 12.4 Å². The van der Waals surface area contributed by atoms with Crippen LogP contribution in [0.1, 0.15) is 10.5 Å². The summed E-state index contributed by atoms with van der Waals surface area (Å²) in [5.74, 6) is -0.569. The lowest BCUT2D eigenvalue weighted by molar-refractivity contribution is 0.0594. The van der Waals surface area contributed by atoms with Crippen LogP contribution in [0.2, 0.25) is 5.02 Å². The average Bonchev–Trinajstić information content (AvgIpc) is 2.03. The van der Waals surface area contributed by atoms with Gasteiger partial charge in [0.05, 0.1) is 24.0 Å². The molecule has 0 saturated heterocycles. The van der Waals surface area contributed by atoms with Crippen molar-refractivity contribution in [2.45, 2.75) is 0 Å². The van der Waals surface area contributed by atoms with E-state index in [1.807, 2.05) is 0 Å². The fourth-order valence-electron chi connectivity index (χ4n) is 0.700. The fourth-order valence-corrected chi connectivity index (χ4v) is 0.952. The summed E-state index contributed by atoms with van der Waals surface area (Å²) in [5.41, 5.74) is 5.86. The number of nitrogen functional groups attached to an aromatic ring is 1. The van der Waals surface area contributed by atoms with E-state index in [0.29, 0.717) is 5.69 Å². The van der Waals surface area contributed by atoms with Crippen LogP contribution in [0.25, 0.3) is 0 Å². The molecular formula is C7H8Cl2N2O2. The summed E-state index contributed by atoms with van der Waals surface area (Å²) in [4.78, 5) is 14.7. The van der Waals surface area contributed by atoms with Crippen LogP contribution in [-0.2, 0) is 4.74 Å². The number of esters is 1. The maximum absolute atomic E-state index is 10.9. The molecule has 1 aromatic rings. The zero-order valence-electron chi connectivity index (χ0n) is 6.78. The number of anilines is 1. The number of halogens is 2. The van der Waals surface area contributed by atoms with Crippen LogP contribution in [0.5, 0.6) is 0 Å². The van der Waals surface area contributed by atoms with Gasteiger partial charge in [-0.1, -0.05) is 11.6 Å². The Morgan fingerprint density at radius 2 is 2.31 bits per heavy atom. The summed E-state index contributed by atoms with van der Waals surface area (Å²) >= 11 is 5.66. The predicted molar refractivity (Wildman–Crippen MR) is 52.2 cm³/mol. The van der Waals surface area contributed by atoms with Crippen LogP contribution in [0.3, 0.4) is 0 Å². The number of aromatic nitrogens is 1. The van der Waals surface area contributed by atoms with E-state index in [1.165, 1.54) is 19.4 Å². The monoisotopic (exact) mass is 222 g/mol. The van der Waals surface area contributed by atoms with Gasteiger partial charge in [-0.05, 0) is 6.07 Å². The van der Waals surface area contributed by atoms with E-state index in [0.717, 1.165) is 0 Å². The second-order valence-corrected chi connectivity index (χ2v) is 2.50. The number of hydrogen-bond donors (Lipinski definition) is 1. The van der Waals surface area contributed by atoms with Gasteiger partial charge in [-0.25, -0.2) is 9.78 Å². The predicted octanol–water partition coefficient (Wildman–Crippen LogP) is 1.53. The molecule has 0 radical (unpaired) electrons. The molecule has 0 aliphatic rings. The Morgan fingerprint density at radius 1 is 1.69 bits per heavy atom. The van der Waals surface area contributed by atoms with Crippen LogP contribution in [0, 0.1) is 0 Å². The number of hydrogen-bond acceptors (Lipinski definition) is 4. The van der Waals surface area contributed by atoms with E-state index in [-0.39, 0.29) is 23.1 Å². The minimum absolute atomic E-state index is 0. The Bertz CT molecular complexity index is 317. The molecule has 0 fully saturated rings. The second-order valence-electron chi connectivity index (χ2n) is 2.09. The maximum atomic E-state index is 10.9. The molecular weight excluding hydrogens is 215 g/mol. The fraction of sp³-hybridized carbons (Fsp3) is 0.143. The molecule has 1 aromatic heterocycles. The normalized spacial score (nSPS) is 8.77. The number of ether oxygens (including phenoxy) is 1. The molecule has 1 heterocycles. The molecule has 0 bridgehead atoms. The second kappa shape index (κ2) is 4.89. The summed E-state index contributed by atoms with van der Waals surface area (Å²) in [7, 11) is 1.26. The van der Waals surface area contributed by atoms with Crippen LogP contribution >= 0.6 is 24.0 Å². The molecule has 72 valence electrons. The first kappa shape index (κ1) is 12.0. The third-order valence-corrected chi connectivity index (χ3v) is 1.53. The molecule has 0 atom stereocenters. The third kappa shape index (κ3) is 2.75. The highest BCUT2D eigenvalue weighted by Gasteiger charge is 2.11. The van der Waals surface area contributed by atoms with Crippen molar-refractivity contribution in [3.8, 4) is 0 Å². The van der Waals surface area contributed by atoms with Gasteiger partial charge in [0, 0.05) is 0 Å². The summed E-state index contributed by atoms with van der Waals surface area (Å²) in [6, 6.07) is 1.45. The highest BCUT2D eigenvalue weighted by molar-refractivity contribution is 6.33. The lowest BCUT2D eigenvalue weighted by Crippen LogP contribution is -2.05. The van der Waals surface area contributed by atoms with Crippen molar-refractivity contribution in [2.24, 2.45) is 0 Å². The molecule has 0 amide bonds. The van der Waals surface area contributed by atoms with Gasteiger partial charge in [-0.2, -0.15) is 0 Å². The minimum atomic E-state index is -0.569. The van der Waals surface area contributed by atoms with Gasteiger partial charge in [0.1, 0.15) is 0 Å². The molecule has 0 aliphatic carbocycles. The van der Waals surface area contributed by atoms with Crippen molar-refractivity contribution < 1.29 is 9.53 Å². The van der Waals surface area contributed by atoms with Crippen molar-refractivity contribution in [1.29, 1.82) is 0 Å². The largest absolute Gasteiger partial charge is 0.464 e. The van der Waals surface area contributed by atoms with Crippen molar-refractivity contribution in [2.75, 3.05) is 12.8 Å². The van der Waals surface area contributed by atoms with E-state index in [2.05, 4.69) is 9.72 Å². The van der Waals surface area contributed by atoms with Crippen LogP contribution < -0.4 is 5.73 Å². The molecule has 6 heteroatoms. The molecule has 0 aromatic carbocycles. The zero-order chi connectivity index (χ0) is 9.14. The lowest BCUT2D eigenvalue weighted by Gasteiger charge is -2.00. The van der Waals surface area contributed by atoms with Crippen molar-refractivity contribution in [3.05, 3.63) is 23.0 Å². The van der Waals surface area contributed by atoms with Crippen molar-refractivity contribution >= 4 is 35.7 Å². The molecule has 0 unspecified atom stereocenters. The number of methoxy groups -OCH3 is 1. The Kier molecular flexibility index (Phi) is 4.51. The molecule has 13 heavy (non-hydrogen) atoms. The first-order chi connectivity index (χ1) is 5.65. The average molecular weight is 223 g/mol.